The molecule has 19 heavy (non-hydrogen) atoms. The zero-order valence-electron chi connectivity index (χ0n) is 13.0. The highest BCUT2D eigenvalue weighted by Crippen LogP contribution is 2.09. The first kappa shape index (κ1) is 18.1. The van der Waals surface area contributed by atoms with Crippen LogP contribution >= 0.6 is 0 Å². The lowest BCUT2D eigenvalue weighted by Crippen LogP contribution is -2.50. The predicted molar refractivity (Wildman–Crippen MR) is 85.1 cm³/mol. The van der Waals surface area contributed by atoms with Crippen LogP contribution in [-0.2, 0) is 0 Å². The Hall–Kier alpha value is -0.860. The summed E-state index contributed by atoms with van der Waals surface area (Å²) >= 11 is 0. The van der Waals surface area contributed by atoms with Crippen molar-refractivity contribution in [2.75, 3.05) is 32.8 Å². The molecule has 0 atom stereocenters. The fourth-order valence-corrected chi connectivity index (χ4v) is 2.10. The van der Waals surface area contributed by atoms with Crippen LogP contribution in [0, 0.1) is 0 Å². The molecular formula is C17H32NO+. The van der Waals surface area contributed by atoms with Gasteiger partial charge in [0.15, 0.2) is 0 Å². The summed E-state index contributed by atoms with van der Waals surface area (Å²) in [5.41, 5.74) is 0. The van der Waals surface area contributed by atoms with Gasteiger partial charge in [-0.25, -0.2) is 0 Å². The molecule has 0 aliphatic heterocycles. The van der Waals surface area contributed by atoms with E-state index in [0.717, 1.165) is 49.9 Å². The largest absolute Gasteiger partial charge is 0.391 e. The summed E-state index contributed by atoms with van der Waals surface area (Å²) in [6, 6.07) is 0. The minimum atomic E-state index is 0.250. The number of hydrogen-bond acceptors (Lipinski definition) is 1. The van der Waals surface area contributed by atoms with E-state index in [1.165, 1.54) is 0 Å². The number of hydrogen-bond donors (Lipinski definition) is 1. The minimum Gasteiger partial charge on any atom is -0.391 e. The van der Waals surface area contributed by atoms with Crippen molar-refractivity contribution in [3.05, 3.63) is 36.5 Å². The van der Waals surface area contributed by atoms with Crippen LogP contribution in [-0.4, -0.2) is 42.4 Å². The van der Waals surface area contributed by atoms with E-state index < -0.39 is 0 Å². The molecule has 0 spiro atoms. The van der Waals surface area contributed by atoms with E-state index >= 15 is 0 Å². The average Bonchev–Trinajstić information content (AvgIpc) is 2.40. The number of quaternary nitrogens is 1. The SMILES string of the molecule is CCC=CC[N+](CC=CCC)(CC=CCC)CCO. The van der Waals surface area contributed by atoms with Crippen molar-refractivity contribution in [1.29, 1.82) is 0 Å². The van der Waals surface area contributed by atoms with Crippen LogP contribution in [0.15, 0.2) is 36.5 Å². The molecule has 0 fully saturated rings. The van der Waals surface area contributed by atoms with Gasteiger partial charge in [0.2, 0.25) is 0 Å². The Morgan fingerprint density at radius 3 is 1.32 bits per heavy atom. The van der Waals surface area contributed by atoms with E-state index in [4.69, 9.17) is 0 Å². The van der Waals surface area contributed by atoms with Gasteiger partial charge in [0.25, 0.3) is 0 Å². The van der Waals surface area contributed by atoms with Crippen LogP contribution < -0.4 is 0 Å². The van der Waals surface area contributed by atoms with Crippen LogP contribution in [0.25, 0.3) is 0 Å². The molecule has 0 saturated heterocycles. The van der Waals surface area contributed by atoms with Crippen LogP contribution in [0.3, 0.4) is 0 Å². The second-order valence-electron chi connectivity index (χ2n) is 4.98. The molecule has 0 radical (unpaired) electrons. The molecule has 0 heterocycles. The second-order valence-corrected chi connectivity index (χ2v) is 4.98. The van der Waals surface area contributed by atoms with Crippen LogP contribution in [0.4, 0.5) is 0 Å². The second kappa shape index (κ2) is 12.2. The van der Waals surface area contributed by atoms with Crippen molar-refractivity contribution in [3.8, 4) is 0 Å². The van der Waals surface area contributed by atoms with E-state index in [0.29, 0.717) is 0 Å². The molecule has 0 rings (SSSR count). The summed E-state index contributed by atoms with van der Waals surface area (Å²) in [5.74, 6) is 0. The smallest absolute Gasteiger partial charge is 0.103 e. The van der Waals surface area contributed by atoms with Gasteiger partial charge in [-0.2, -0.15) is 0 Å². The lowest BCUT2D eigenvalue weighted by atomic mass is 10.2. The highest BCUT2D eigenvalue weighted by Gasteiger charge is 2.22. The monoisotopic (exact) mass is 266 g/mol. The first-order valence-corrected chi connectivity index (χ1v) is 7.65. The van der Waals surface area contributed by atoms with Gasteiger partial charge in [-0.05, 0) is 37.5 Å². The summed E-state index contributed by atoms with van der Waals surface area (Å²) in [6.45, 7) is 10.5. The molecule has 2 heteroatoms. The number of aliphatic hydroxyl groups excluding tert-OH is 1. The number of aliphatic hydroxyl groups is 1. The molecule has 0 bridgehead atoms. The third-order valence-corrected chi connectivity index (χ3v) is 3.26. The summed E-state index contributed by atoms with van der Waals surface area (Å²) in [5, 5.41) is 9.38. The van der Waals surface area contributed by atoms with Gasteiger partial charge in [0.05, 0.1) is 26.2 Å². The van der Waals surface area contributed by atoms with Crippen molar-refractivity contribution in [1.82, 2.24) is 0 Å². The number of rotatable bonds is 11. The van der Waals surface area contributed by atoms with Crippen molar-refractivity contribution >= 4 is 0 Å². The molecule has 2 nitrogen and oxygen atoms in total. The Labute approximate surface area is 119 Å². The van der Waals surface area contributed by atoms with Gasteiger partial charge < -0.3 is 9.59 Å². The fourth-order valence-electron chi connectivity index (χ4n) is 2.10. The fraction of sp³-hybridized carbons (Fsp3) is 0.647. The Bertz CT molecular complexity index is 238. The van der Waals surface area contributed by atoms with E-state index in [2.05, 4.69) is 57.2 Å². The maximum Gasteiger partial charge on any atom is 0.103 e. The Balaban J connectivity index is 4.79. The highest BCUT2D eigenvalue weighted by atomic mass is 16.3. The van der Waals surface area contributed by atoms with Gasteiger partial charge in [-0.15, -0.1) is 0 Å². The molecule has 0 aliphatic carbocycles. The Morgan fingerprint density at radius 2 is 1.05 bits per heavy atom. The molecule has 0 aromatic carbocycles. The first-order valence-electron chi connectivity index (χ1n) is 7.65. The molecule has 0 saturated carbocycles. The van der Waals surface area contributed by atoms with Crippen molar-refractivity contribution in [3.63, 3.8) is 0 Å². The third-order valence-electron chi connectivity index (χ3n) is 3.26. The van der Waals surface area contributed by atoms with E-state index in [1.54, 1.807) is 0 Å². The lowest BCUT2D eigenvalue weighted by Gasteiger charge is -2.35. The van der Waals surface area contributed by atoms with Gasteiger partial charge in [0.1, 0.15) is 6.54 Å². The van der Waals surface area contributed by atoms with Crippen molar-refractivity contribution < 1.29 is 9.59 Å². The summed E-state index contributed by atoms with van der Waals surface area (Å²) < 4.78 is 0.917. The topological polar surface area (TPSA) is 20.2 Å². The van der Waals surface area contributed by atoms with Crippen molar-refractivity contribution in [2.24, 2.45) is 0 Å². The molecule has 110 valence electrons. The summed E-state index contributed by atoms with van der Waals surface area (Å²) in [7, 11) is 0. The molecule has 0 unspecified atom stereocenters. The highest BCUT2D eigenvalue weighted by molar-refractivity contribution is 4.87. The molecular weight excluding hydrogens is 234 g/mol. The van der Waals surface area contributed by atoms with Crippen LogP contribution in [0.2, 0.25) is 0 Å². The van der Waals surface area contributed by atoms with Crippen LogP contribution in [0.5, 0.6) is 0 Å². The molecule has 0 aliphatic rings. The van der Waals surface area contributed by atoms with E-state index in [1.807, 2.05) is 0 Å². The normalized spacial score (nSPS) is 15.8. The molecule has 0 aromatic rings. The summed E-state index contributed by atoms with van der Waals surface area (Å²) in [4.78, 5) is 0. The molecule has 0 amide bonds. The quantitative estimate of drug-likeness (QED) is 0.446. The number of nitrogens with zero attached hydrogens (tertiary/aromatic N) is 1. The first-order chi connectivity index (χ1) is 9.24. The Morgan fingerprint density at radius 1 is 0.684 bits per heavy atom. The molecule has 1 N–H and O–H groups in total. The average molecular weight is 266 g/mol. The minimum absolute atomic E-state index is 0.250. The maximum atomic E-state index is 9.38. The standard InChI is InChI=1S/C17H32NO/c1-4-7-10-13-18(16-17-19,14-11-8-5-2)15-12-9-6-3/h7-12,19H,4-6,13-17H2,1-3H3/q+1. The molecule has 0 aromatic heterocycles. The Kier molecular flexibility index (Phi) is 11.6. The predicted octanol–water partition coefficient (Wildman–Crippen LogP) is 3.69. The van der Waals surface area contributed by atoms with Gasteiger partial charge in [-0.3, -0.25) is 0 Å². The van der Waals surface area contributed by atoms with Gasteiger partial charge in [-0.1, -0.05) is 39.0 Å². The van der Waals surface area contributed by atoms with E-state index in [9.17, 15) is 5.11 Å². The van der Waals surface area contributed by atoms with Gasteiger partial charge in [0, 0.05) is 0 Å². The summed E-state index contributed by atoms with van der Waals surface area (Å²) in [6.07, 6.45) is 16.7. The zero-order valence-corrected chi connectivity index (χ0v) is 13.0. The maximum absolute atomic E-state index is 9.38. The zero-order chi connectivity index (χ0) is 14.4. The van der Waals surface area contributed by atoms with Gasteiger partial charge >= 0.3 is 0 Å². The van der Waals surface area contributed by atoms with Crippen molar-refractivity contribution in [2.45, 2.75) is 40.0 Å². The third kappa shape index (κ3) is 8.79. The van der Waals surface area contributed by atoms with Crippen LogP contribution in [0.1, 0.15) is 40.0 Å². The lowest BCUT2D eigenvalue weighted by molar-refractivity contribution is -0.912. The van der Waals surface area contributed by atoms with E-state index in [-0.39, 0.29) is 6.61 Å². The number of allylic oxidation sites excluding steroid dienone is 3.